The molecule has 148 valence electrons. The Labute approximate surface area is 169 Å². The van der Waals surface area contributed by atoms with Crippen LogP contribution in [0.5, 0.6) is 5.75 Å². The summed E-state index contributed by atoms with van der Waals surface area (Å²) >= 11 is 0. The predicted octanol–water partition coefficient (Wildman–Crippen LogP) is 3.12. The molecule has 0 bridgehead atoms. The lowest BCUT2D eigenvalue weighted by Crippen LogP contribution is -2.21. The van der Waals surface area contributed by atoms with E-state index in [2.05, 4.69) is 14.9 Å². The summed E-state index contributed by atoms with van der Waals surface area (Å²) in [5.74, 6) is -0.688. The summed E-state index contributed by atoms with van der Waals surface area (Å²) in [5.41, 5.74) is 0.853. The van der Waals surface area contributed by atoms with Crippen molar-refractivity contribution in [2.75, 3.05) is 24.6 Å². The first kappa shape index (κ1) is 21.4. The second-order valence-corrected chi connectivity index (χ2v) is 5.85. The molecular weight excluding hydrogens is 370 g/mol. The standard InChI is InChI=1S/C21H21N5O3/c1-4-26(5-2)15-9-7-14(19(27)11-15)8-10-16-20(21(28)29-6-3)25-18(13-23)17(12-22)24-16/h7-11,27H,4-6H2,1-3H3/b10-8+. The Hall–Kier alpha value is -3.91. The molecule has 29 heavy (non-hydrogen) atoms. The number of hydrogen-bond donors (Lipinski definition) is 1. The lowest BCUT2D eigenvalue weighted by Gasteiger charge is -2.21. The third-order valence-electron chi connectivity index (χ3n) is 4.17. The summed E-state index contributed by atoms with van der Waals surface area (Å²) in [7, 11) is 0. The number of aromatic hydroxyl groups is 1. The van der Waals surface area contributed by atoms with Crippen molar-refractivity contribution in [2.24, 2.45) is 0 Å². The van der Waals surface area contributed by atoms with Gasteiger partial charge < -0.3 is 14.7 Å². The van der Waals surface area contributed by atoms with Crippen molar-refractivity contribution in [3.05, 3.63) is 46.5 Å². The summed E-state index contributed by atoms with van der Waals surface area (Å²) in [6, 6.07) is 8.82. The first-order chi connectivity index (χ1) is 14.0. The Bertz CT molecular complexity index is 1010. The van der Waals surface area contributed by atoms with Crippen LogP contribution in [0.1, 0.15) is 53.9 Å². The van der Waals surface area contributed by atoms with Crippen molar-refractivity contribution in [1.82, 2.24) is 9.97 Å². The molecule has 2 aromatic rings. The molecule has 0 amide bonds. The Morgan fingerprint density at radius 1 is 1.14 bits per heavy atom. The quantitative estimate of drug-likeness (QED) is 0.714. The Morgan fingerprint density at radius 2 is 1.79 bits per heavy atom. The highest BCUT2D eigenvalue weighted by atomic mass is 16.5. The van der Waals surface area contributed by atoms with Gasteiger partial charge in [-0.1, -0.05) is 0 Å². The minimum Gasteiger partial charge on any atom is -0.507 e. The van der Waals surface area contributed by atoms with Gasteiger partial charge >= 0.3 is 5.97 Å². The summed E-state index contributed by atoms with van der Waals surface area (Å²) in [4.78, 5) is 22.3. The van der Waals surface area contributed by atoms with Crippen molar-refractivity contribution in [3.63, 3.8) is 0 Å². The maximum Gasteiger partial charge on any atom is 0.359 e. The minimum atomic E-state index is -0.748. The number of carbonyl (C=O) groups excluding carboxylic acids is 1. The number of nitrogens with zero attached hydrogens (tertiary/aromatic N) is 5. The van der Waals surface area contributed by atoms with Crippen LogP contribution < -0.4 is 4.90 Å². The number of hydrogen-bond acceptors (Lipinski definition) is 8. The topological polar surface area (TPSA) is 123 Å². The molecule has 0 atom stereocenters. The van der Waals surface area contributed by atoms with Crippen molar-refractivity contribution in [3.8, 4) is 17.9 Å². The molecule has 0 unspecified atom stereocenters. The highest BCUT2D eigenvalue weighted by Gasteiger charge is 2.19. The zero-order valence-corrected chi connectivity index (χ0v) is 16.5. The minimum absolute atomic E-state index is 0.0606. The summed E-state index contributed by atoms with van der Waals surface area (Å²) in [5, 5.41) is 28.7. The van der Waals surface area contributed by atoms with Gasteiger partial charge in [-0.25, -0.2) is 14.8 Å². The van der Waals surface area contributed by atoms with Gasteiger partial charge in [0.15, 0.2) is 17.1 Å². The van der Waals surface area contributed by atoms with E-state index in [4.69, 9.17) is 10.00 Å². The number of rotatable bonds is 7. The van der Waals surface area contributed by atoms with Gasteiger partial charge in [-0.15, -0.1) is 0 Å². The SMILES string of the molecule is CCOC(=O)c1nc(C#N)c(C#N)nc1/C=C/c1ccc(N(CC)CC)cc1O. The molecular formula is C21H21N5O3. The Kier molecular flexibility index (Phi) is 7.27. The molecule has 1 aromatic carbocycles. The van der Waals surface area contributed by atoms with Gasteiger partial charge in [-0.05, 0) is 45.1 Å². The molecule has 1 heterocycles. The lowest BCUT2D eigenvalue weighted by atomic mass is 10.1. The second-order valence-electron chi connectivity index (χ2n) is 5.85. The van der Waals surface area contributed by atoms with E-state index in [1.54, 1.807) is 37.3 Å². The maximum absolute atomic E-state index is 12.2. The molecule has 0 aliphatic heterocycles. The van der Waals surface area contributed by atoms with Gasteiger partial charge in [0.2, 0.25) is 0 Å². The molecule has 1 aromatic heterocycles. The van der Waals surface area contributed by atoms with Crippen molar-refractivity contribution < 1.29 is 14.6 Å². The number of nitriles is 2. The van der Waals surface area contributed by atoms with Gasteiger partial charge in [-0.3, -0.25) is 0 Å². The molecule has 0 spiro atoms. The average Bonchev–Trinajstić information content (AvgIpc) is 2.73. The molecule has 0 saturated carbocycles. The van der Waals surface area contributed by atoms with Crippen molar-refractivity contribution in [1.29, 1.82) is 10.5 Å². The number of benzene rings is 1. The molecule has 8 nitrogen and oxygen atoms in total. The zero-order valence-electron chi connectivity index (χ0n) is 16.5. The highest BCUT2D eigenvalue weighted by Crippen LogP contribution is 2.26. The largest absolute Gasteiger partial charge is 0.507 e. The van der Waals surface area contributed by atoms with Gasteiger partial charge in [0.1, 0.15) is 17.9 Å². The fraction of sp³-hybridized carbons (Fsp3) is 0.286. The number of carbonyl (C=O) groups is 1. The molecule has 0 aliphatic carbocycles. The average molecular weight is 391 g/mol. The molecule has 0 fully saturated rings. The van der Waals surface area contributed by atoms with Gasteiger partial charge in [0, 0.05) is 30.4 Å². The third kappa shape index (κ3) is 4.88. The molecule has 0 saturated heterocycles. The molecule has 0 aliphatic rings. The number of anilines is 1. The highest BCUT2D eigenvalue weighted by molar-refractivity contribution is 5.92. The zero-order chi connectivity index (χ0) is 21.4. The van der Waals surface area contributed by atoms with Crippen LogP contribution >= 0.6 is 0 Å². The first-order valence-corrected chi connectivity index (χ1v) is 9.14. The molecule has 2 rings (SSSR count). The van der Waals surface area contributed by atoms with E-state index in [1.165, 1.54) is 6.08 Å². The van der Waals surface area contributed by atoms with Crippen LogP contribution in [0, 0.1) is 22.7 Å². The fourth-order valence-electron chi connectivity index (χ4n) is 2.70. The summed E-state index contributed by atoms with van der Waals surface area (Å²) in [6.45, 7) is 7.45. The van der Waals surface area contributed by atoms with Crippen molar-refractivity contribution in [2.45, 2.75) is 20.8 Å². The van der Waals surface area contributed by atoms with E-state index >= 15 is 0 Å². The second kappa shape index (κ2) is 9.86. The lowest BCUT2D eigenvalue weighted by molar-refractivity contribution is 0.0518. The van der Waals surface area contributed by atoms with Crippen LogP contribution in [0.15, 0.2) is 18.2 Å². The Balaban J connectivity index is 2.47. The van der Waals surface area contributed by atoms with Gasteiger partial charge in [-0.2, -0.15) is 10.5 Å². The summed E-state index contributed by atoms with van der Waals surface area (Å²) in [6.07, 6.45) is 3.01. The number of phenolic OH excluding ortho intramolecular Hbond substituents is 1. The third-order valence-corrected chi connectivity index (χ3v) is 4.17. The van der Waals surface area contributed by atoms with E-state index in [0.717, 1.165) is 18.8 Å². The smallest absolute Gasteiger partial charge is 0.359 e. The first-order valence-electron chi connectivity index (χ1n) is 9.14. The van der Waals surface area contributed by atoms with Crippen LogP contribution in [0.4, 0.5) is 5.69 Å². The van der Waals surface area contributed by atoms with Crippen LogP contribution in [-0.2, 0) is 4.74 Å². The van der Waals surface area contributed by atoms with E-state index in [-0.39, 0.29) is 35.1 Å². The van der Waals surface area contributed by atoms with Gasteiger partial charge in [0.25, 0.3) is 0 Å². The van der Waals surface area contributed by atoms with Crippen molar-refractivity contribution >= 4 is 23.8 Å². The van der Waals surface area contributed by atoms with Crippen LogP contribution in [0.2, 0.25) is 0 Å². The number of aromatic nitrogens is 2. The molecule has 8 heteroatoms. The molecule has 0 radical (unpaired) electrons. The normalized spacial score (nSPS) is 10.4. The fourth-order valence-corrected chi connectivity index (χ4v) is 2.70. The van der Waals surface area contributed by atoms with E-state index < -0.39 is 5.97 Å². The van der Waals surface area contributed by atoms with E-state index in [9.17, 15) is 15.2 Å². The number of phenols is 1. The van der Waals surface area contributed by atoms with Crippen LogP contribution in [-0.4, -0.2) is 40.7 Å². The maximum atomic E-state index is 12.2. The Morgan fingerprint density at radius 3 is 2.34 bits per heavy atom. The monoisotopic (exact) mass is 391 g/mol. The van der Waals surface area contributed by atoms with Crippen LogP contribution in [0.25, 0.3) is 12.2 Å². The van der Waals surface area contributed by atoms with Crippen LogP contribution in [0.3, 0.4) is 0 Å². The van der Waals surface area contributed by atoms with Gasteiger partial charge in [0.05, 0.1) is 12.3 Å². The van der Waals surface area contributed by atoms with E-state index in [1.807, 2.05) is 19.9 Å². The number of ether oxygens (including phenoxy) is 1. The summed E-state index contributed by atoms with van der Waals surface area (Å²) < 4.78 is 4.96. The molecule has 1 N–H and O–H groups in total. The van der Waals surface area contributed by atoms with E-state index in [0.29, 0.717) is 5.56 Å². The predicted molar refractivity (Wildman–Crippen MR) is 108 cm³/mol. The number of esters is 1.